The summed E-state index contributed by atoms with van der Waals surface area (Å²) >= 11 is 0. The van der Waals surface area contributed by atoms with E-state index in [1.165, 1.54) is 0 Å². The highest BCUT2D eigenvalue weighted by molar-refractivity contribution is 4.88. The largest absolute Gasteiger partial charge is 0.325 e. The van der Waals surface area contributed by atoms with E-state index in [-0.39, 0.29) is 12.6 Å². The van der Waals surface area contributed by atoms with Gasteiger partial charge in [-0.15, -0.1) is 0 Å². The van der Waals surface area contributed by atoms with Crippen LogP contribution >= 0.6 is 0 Å². The lowest BCUT2D eigenvalue weighted by atomic mass is 9.91. The average Bonchev–Trinajstić information content (AvgIpc) is 2.03. The summed E-state index contributed by atoms with van der Waals surface area (Å²) in [5.74, 6) is -2.17. The van der Waals surface area contributed by atoms with Crippen LogP contribution in [0.4, 0.5) is 8.78 Å². The zero-order chi connectivity index (χ0) is 9.35. The van der Waals surface area contributed by atoms with Crippen molar-refractivity contribution in [3.8, 4) is 0 Å². The second-order valence-corrected chi connectivity index (χ2v) is 3.71. The molecule has 0 radical (unpaired) electrons. The van der Waals surface area contributed by atoms with Gasteiger partial charge in [0.05, 0.1) is 13.1 Å². The first kappa shape index (κ1) is 9.86. The average molecular weight is 178 g/mol. The molecule has 0 aromatic rings. The van der Waals surface area contributed by atoms with Gasteiger partial charge in [-0.2, -0.15) is 0 Å². The summed E-state index contributed by atoms with van der Waals surface area (Å²) in [6, 6.07) is 0.280. The van der Waals surface area contributed by atoms with Gasteiger partial charge in [0, 0.05) is 12.6 Å². The molecule has 0 aromatic heterocycles. The van der Waals surface area contributed by atoms with Gasteiger partial charge in [-0.25, -0.2) is 8.78 Å². The molecular formula is C8H16F2N2. The molecule has 0 spiro atoms. The van der Waals surface area contributed by atoms with Crippen LogP contribution in [0.25, 0.3) is 0 Å². The molecule has 2 nitrogen and oxygen atoms in total. The quantitative estimate of drug-likeness (QED) is 0.696. The lowest BCUT2D eigenvalue weighted by Gasteiger charge is -2.46. The Kier molecular flexibility index (Phi) is 2.68. The molecule has 72 valence electrons. The van der Waals surface area contributed by atoms with E-state index in [0.717, 1.165) is 6.54 Å². The monoisotopic (exact) mass is 178 g/mol. The minimum Gasteiger partial charge on any atom is -0.325 e. The topological polar surface area (TPSA) is 29.3 Å². The van der Waals surface area contributed by atoms with Gasteiger partial charge in [-0.3, -0.25) is 4.90 Å². The Bertz CT molecular complexity index is 161. The van der Waals surface area contributed by atoms with Crippen LogP contribution in [0.5, 0.6) is 0 Å². The summed E-state index contributed by atoms with van der Waals surface area (Å²) in [4.78, 5) is 1.78. The minimum atomic E-state index is -2.71. The maximum Gasteiger partial charge on any atom is 0.272 e. The van der Waals surface area contributed by atoms with Gasteiger partial charge < -0.3 is 5.73 Å². The first-order valence-electron chi connectivity index (χ1n) is 4.28. The first-order chi connectivity index (χ1) is 5.46. The second-order valence-electron chi connectivity index (χ2n) is 3.71. The lowest BCUT2D eigenvalue weighted by molar-refractivity contribution is -0.0743. The number of hydrogen-bond donors (Lipinski definition) is 1. The zero-order valence-electron chi connectivity index (χ0n) is 7.56. The van der Waals surface area contributed by atoms with Crippen LogP contribution < -0.4 is 5.73 Å². The van der Waals surface area contributed by atoms with Crippen molar-refractivity contribution < 1.29 is 8.78 Å². The number of nitrogens with two attached hydrogens (primary N) is 1. The molecule has 1 fully saturated rings. The number of alkyl halides is 2. The summed E-state index contributed by atoms with van der Waals surface area (Å²) in [6.45, 7) is 4.08. The van der Waals surface area contributed by atoms with E-state index in [9.17, 15) is 8.78 Å². The summed E-state index contributed by atoms with van der Waals surface area (Å²) in [7, 11) is 0. The van der Waals surface area contributed by atoms with Gasteiger partial charge >= 0.3 is 0 Å². The van der Waals surface area contributed by atoms with E-state index in [0.29, 0.717) is 5.92 Å². The van der Waals surface area contributed by atoms with Crippen molar-refractivity contribution in [2.45, 2.75) is 25.8 Å². The normalized spacial score (nSPS) is 31.8. The van der Waals surface area contributed by atoms with Crippen molar-refractivity contribution in [2.75, 3.05) is 19.6 Å². The van der Waals surface area contributed by atoms with Crippen LogP contribution in [0.15, 0.2) is 0 Å². The molecule has 2 unspecified atom stereocenters. The van der Waals surface area contributed by atoms with E-state index in [2.05, 4.69) is 6.92 Å². The molecule has 1 aliphatic heterocycles. The van der Waals surface area contributed by atoms with Gasteiger partial charge in [-0.1, -0.05) is 6.92 Å². The third kappa shape index (κ3) is 1.93. The van der Waals surface area contributed by atoms with Crippen LogP contribution in [-0.4, -0.2) is 36.5 Å². The highest BCUT2D eigenvalue weighted by Gasteiger charge is 2.39. The van der Waals surface area contributed by atoms with E-state index in [1.54, 1.807) is 4.90 Å². The molecule has 1 rings (SSSR count). The summed E-state index contributed by atoms with van der Waals surface area (Å²) in [6.07, 6.45) is 0. The second kappa shape index (κ2) is 3.26. The maximum atomic E-state index is 12.8. The number of hydrogen-bond acceptors (Lipinski definition) is 2. The molecular weight excluding hydrogens is 162 g/mol. The molecule has 12 heavy (non-hydrogen) atoms. The fraction of sp³-hybridized carbons (Fsp3) is 1.00. The lowest BCUT2D eigenvalue weighted by Crippen LogP contribution is -2.57. The predicted molar refractivity (Wildman–Crippen MR) is 44.2 cm³/mol. The molecule has 0 aliphatic carbocycles. The van der Waals surface area contributed by atoms with Crippen LogP contribution in [0.1, 0.15) is 13.8 Å². The highest BCUT2D eigenvalue weighted by Crippen LogP contribution is 2.27. The van der Waals surface area contributed by atoms with E-state index in [1.807, 2.05) is 6.92 Å². The molecule has 4 heteroatoms. The molecule has 0 aromatic carbocycles. The Morgan fingerprint density at radius 2 is 2.08 bits per heavy atom. The van der Waals surface area contributed by atoms with E-state index in [4.69, 9.17) is 5.73 Å². The van der Waals surface area contributed by atoms with Crippen molar-refractivity contribution in [1.82, 2.24) is 4.90 Å². The van der Waals surface area contributed by atoms with Gasteiger partial charge in [0.25, 0.3) is 5.92 Å². The molecule has 0 amide bonds. The molecule has 2 N–H and O–H groups in total. The number of nitrogens with zero attached hydrogens (tertiary/aromatic N) is 1. The number of halogens is 2. The van der Waals surface area contributed by atoms with Crippen LogP contribution in [-0.2, 0) is 0 Å². The highest BCUT2D eigenvalue weighted by atomic mass is 19.3. The minimum absolute atomic E-state index is 0.186. The molecule has 1 heterocycles. The Morgan fingerprint density at radius 3 is 2.42 bits per heavy atom. The SMILES string of the molecule is CC1CN(CC(F)(F)CN)C1C. The summed E-state index contributed by atoms with van der Waals surface area (Å²) in [5, 5.41) is 0. The Hall–Kier alpha value is -0.220. The van der Waals surface area contributed by atoms with Gasteiger partial charge in [0.2, 0.25) is 0 Å². The van der Waals surface area contributed by atoms with Gasteiger partial charge in [-0.05, 0) is 12.8 Å². The van der Waals surface area contributed by atoms with Crippen LogP contribution in [0, 0.1) is 5.92 Å². The summed E-state index contributed by atoms with van der Waals surface area (Å²) < 4.78 is 25.5. The van der Waals surface area contributed by atoms with Gasteiger partial charge in [0.1, 0.15) is 0 Å². The molecule has 0 saturated carbocycles. The third-order valence-electron chi connectivity index (χ3n) is 2.66. The fourth-order valence-corrected chi connectivity index (χ4v) is 1.48. The van der Waals surface area contributed by atoms with Crippen LogP contribution in [0.2, 0.25) is 0 Å². The maximum absolute atomic E-state index is 12.8. The number of rotatable bonds is 3. The summed E-state index contributed by atoms with van der Waals surface area (Å²) in [5.41, 5.74) is 4.94. The first-order valence-corrected chi connectivity index (χ1v) is 4.28. The Balaban J connectivity index is 2.34. The van der Waals surface area contributed by atoms with Gasteiger partial charge in [0.15, 0.2) is 0 Å². The van der Waals surface area contributed by atoms with Crippen molar-refractivity contribution in [3.63, 3.8) is 0 Å². The van der Waals surface area contributed by atoms with Crippen molar-refractivity contribution in [2.24, 2.45) is 11.7 Å². The van der Waals surface area contributed by atoms with Crippen molar-refractivity contribution >= 4 is 0 Å². The fourth-order valence-electron chi connectivity index (χ4n) is 1.48. The van der Waals surface area contributed by atoms with E-state index >= 15 is 0 Å². The Labute approximate surface area is 71.7 Å². The molecule has 1 aliphatic rings. The predicted octanol–water partition coefficient (Wildman–Crippen LogP) is 0.921. The van der Waals surface area contributed by atoms with Crippen molar-refractivity contribution in [3.05, 3.63) is 0 Å². The zero-order valence-corrected chi connectivity index (χ0v) is 7.56. The molecule has 0 bridgehead atoms. The van der Waals surface area contributed by atoms with Crippen molar-refractivity contribution in [1.29, 1.82) is 0 Å². The van der Waals surface area contributed by atoms with E-state index < -0.39 is 12.5 Å². The Morgan fingerprint density at radius 1 is 1.50 bits per heavy atom. The third-order valence-corrected chi connectivity index (χ3v) is 2.66. The molecule has 1 saturated heterocycles. The smallest absolute Gasteiger partial charge is 0.272 e. The number of likely N-dealkylation sites (tertiary alicyclic amines) is 1. The standard InChI is InChI=1S/C8H16F2N2/c1-6-3-12(7(6)2)5-8(9,10)4-11/h6-7H,3-5,11H2,1-2H3. The van der Waals surface area contributed by atoms with Crippen LogP contribution in [0.3, 0.4) is 0 Å². The molecule has 2 atom stereocenters.